The highest BCUT2D eigenvalue weighted by Crippen LogP contribution is 2.14. The SMILES string of the molecule is CCCCCCCC/C=C\CCCCCCCC(=O)OCC(CO)OC(CO)COCCCCCCCCCCCCCCCCCC. The molecule has 0 aliphatic rings. The lowest BCUT2D eigenvalue weighted by Crippen LogP contribution is -2.35. The molecule has 0 saturated carbocycles. The van der Waals surface area contributed by atoms with Gasteiger partial charge >= 0.3 is 5.97 Å². The van der Waals surface area contributed by atoms with Crippen LogP contribution in [-0.2, 0) is 19.0 Å². The standard InChI is InChI=1S/C42H82O6/c1-3-5-7-9-11-13-15-17-19-21-23-25-27-29-31-33-35-46-38-40(36-43)48-41(37-44)39-47-42(45)34-32-30-28-26-24-22-20-18-16-14-12-10-8-6-4-2/h18,20,40-41,43-44H,3-17,19,21-39H2,1-2H3/b20-18-. The summed E-state index contributed by atoms with van der Waals surface area (Å²) in [7, 11) is 0. The minimum atomic E-state index is -0.653. The molecule has 0 spiro atoms. The Balaban J connectivity index is 3.61. The first-order valence-corrected chi connectivity index (χ1v) is 20.9. The van der Waals surface area contributed by atoms with Crippen LogP contribution in [0, 0.1) is 0 Å². The summed E-state index contributed by atoms with van der Waals surface area (Å²) in [5, 5.41) is 19.4. The van der Waals surface area contributed by atoms with Gasteiger partial charge in [0.2, 0.25) is 0 Å². The van der Waals surface area contributed by atoms with E-state index in [0.29, 0.717) is 13.0 Å². The molecule has 0 aromatic heterocycles. The van der Waals surface area contributed by atoms with Crippen LogP contribution in [0.2, 0.25) is 0 Å². The van der Waals surface area contributed by atoms with Gasteiger partial charge in [-0.2, -0.15) is 0 Å². The van der Waals surface area contributed by atoms with Gasteiger partial charge in [0.05, 0.1) is 19.8 Å². The van der Waals surface area contributed by atoms with Gasteiger partial charge in [-0.3, -0.25) is 4.79 Å². The number of carbonyl (C=O) groups is 1. The minimum Gasteiger partial charge on any atom is -0.463 e. The quantitative estimate of drug-likeness (QED) is 0.0380. The Hall–Kier alpha value is -0.950. The van der Waals surface area contributed by atoms with Crippen molar-refractivity contribution in [2.75, 3.05) is 33.0 Å². The van der Waals surface area contributed by atoms with E-state index in [1.807, 2.05) is 0 Å². The third kappa shape index (κ3) is 36.3. The highest BCUT2D eigenvalue weighted by molar-refractivity contribution is 5.69. The Morgan fingerprint density at radius 3 is 1.31 bits per heavy atom. The molecule has 6 heteroatoms. The molecule has 0 aromatic rings. The van der Waals surface area contributed by atoms with Gasteiger partial charge in [0.1, 0.15) is 18.8 Å². The first-order chi connectivity index (χ1) is 23.7. The normalized spacial score (nSPS) is 13.0. The van der Waals surface area contributed by atoms with E-state index in [4.69, 9.17) is 14.2 Å². The number of allylic oxidation sites excluding steroid dienone is 2. The molecular formula is C42H82O6. The van der Waals surface area contributed by atoms with Crippen molar-refractivity contribution in [1.82, 2.24) is 0 Å². The lowest BCUT2D eigenvalue weighted by Gasteiger charge is -2.22. The Kier molecular flexibility index (Phi) is 39.7. The minimum absolute atomic E-state index is 0.00394. The van der Waals surface area contributed by atoms with Crippen molar-refractivity contribution in [3.05, 3.63) is 12.2 Å². The summed E-state index contributed by atoms with van der Waals surface area (Å²) >= 11 is 0. The number of hydrogen-bond donors (Lipinski definition) is 2. The third-order valence-electron chi connectivity index (χ3n) is 9.31. The van der Waals surface area contributed by atoms with Gasteiger partial charge in [-0.25, -0.2) is 0 Å². The maximum atomic E-state index is 12.2. The molecule has 0 radical (unpaired) electrons. The highest BCUT2D eigenvalue weighted by Gasteiger charge is 2.18. The molecule has 0 aliphatic heterocycles. The van der Waals surface area contributed by atoms with E-state index in [2.05, 4.69) is 26.0 Å². The molecule has 2 atom stereocenters. The molecule has 0 aliphatic carbocycles. The average Bonchev–Trinajstić information content (AvgIpc) is 3.10. The Morgan fingerprint density at radius 1 is 0.500 bits per heavy atom. The van der Waals surface area contributed by atoms with Crippen LogP contribution in [0.15, 0.2) is 12.2 Å². The molecule has 286 valence electrons. The number of hydrogen-bond acceptors (Lipinski definition) is 6. The fraction of sp³-hybridized carbons (Fsp3) is 0.929. The van der Waals surface area contributed by atoms with Crippen LogP contribution in [0.5, 0.6) is 0 Å². The van der Waals surface area contributed by atoms with Gasteiger partial charge in [-0.15, -0.1) is 0 Å². The molecule has 2 unspecified atom stereocenters. The number of esters is 1. The summed E-state index contributed by atoms with van der Waals surface area (Å²) in [5.41, 5.74) is 0. The topological polar surface area (TPSA) is 85.2 Å². The van der Waals surface area contributed by atoms with E-state index in [9.17, 15) is 15.0 Å². The van der Waals surface area contributed by atoms with Crippen LogP contribution in [-0.4, -0.2) is 61.4 Å². The van der Waals surface area contributed by atoms with Crippen LogP contribution in [0.1, 0.15) is 206 Å². The second-order valence-electron chi connectivity index (χ2n) is 14.1. The molecule has 0 aromatic carbocycles. The Labute approximate surface area is 298 Å². The number of ether oxygens (including phenoxy) is 3. The largest absolute Gasteiger partial charge is 0.463 e. The number of rotatable bonds is 40. The smallest absolute Gasteiger partial charge is 0.305 e. The van der Waals surface area contributed by atoms with Gasteiger partial charge < -0.3 is 24.4 Å². The molecule has 2 N–H and O–H groups in total. The number of unbranched alkanes of at least 4 members (excludes halogenated alkanes) is 26. The van der Waals surface area contributed by atoms with Crippen LogP contribution in [0.4, 0.5) is 0 Å². The zero-order valence-electron chi connectivity index (χ0n) is 32.1. The highest BCUT2D eigenvalue weighted by atomic mass is 16.6. The maximum absolute atomic E-state index is 12.2. The van der Waals surface area contributed by atoms with Crippen LogP contribution in [0.3, 0.4) is 0 Å². The zero-order valence-corrected chi connectivity index (χ0v) is 32.1. The summed E-state index contributed by atoms with van der Waals surface area (Å²) < 4.78 is 16.8. The fourth-order valence-electron chi connectivity index (χ4n) is 6.11. The number of aliphatic hydroxyl groups excluding tert-OH is 2. The Morgan fingerprint density at radius 2 is 0.875 bits per heavy atom. The zero-order chi connectivity index (χ0) is 35.0. The van der Waals surface area contributed by atoms with Crippen molar-refractivity contribution in [3.8, 4) is 0 Å². The number of carbonyl (C=O) groups excluding carboxylic acids is 1. The molecule has 6 nitrogen and oxygen atoms in total. The van der Waals surface area contributed by atoms with E-state index >= 15 is 0 Å². The van der Waals surface area contributed by atoms with Gasteiger partial charge in [0, 0.05) is 13.0 Å². The Bertz CT molecular complexity index is 654. The average molecular weight is 683 g/mol. The molecule has 48 heavy (non-hydrogen) atoms. The lowest BCUT2D eigenvalue weighted by molar-refractivity contribution is -0.154. The second kappa shape index (κ2) is 40.5. The van der Waals surface area contributed by atoms with E-state index in [1.165, 1.54) is 148 Å². The third-order valence-corrected chi connectivity index (χ3v) is 9.31. The predicted octanol–water partition coefficient (Wildman–Crippen LogP) is 11.6. The first kappa shape index (κ1) is 47.0. The van der Waals surface area contributed by atoms with Crippen molar-refractivity contribution in [2.45, 2.75) is 219 Å². The first-order valence-electron chi connectivity index (χ1n) is 20.9. The van der Waals surface area contributed by atoms with Crippen molar-refractivity contribution < 1.29 is 29.2 Å². The van der Waals surface area contributed by atoms with Crippen LogP contribution in [0.25, 0.3) is 0 Å². The molecule has 0 fully saturated rings. The van der Waals surface area contributed by atoms with Gasteiger partial charge in [0.15, 0.2) is 0 Å². The van der Waals surface area contributed by atoms with E-state index in [-0.39, 0.29) is 32.4 Å². The van der Waals surface area contributed by atoms with Crippen molar-refractivity contribution in [2.24, 2.45) is 0 Å². The fourth-order valence-corrected chi connectivity index (χ4v) is 6.11. The van der Waals surface area contributed by atoms with Gasteiger partial charge in [-0.1, -0.05) is 174 Å². The molecular weight excluding hydrogens is 600 g/mol. The van der Waals surface area contributed by atoms with Crippen LogP contribution < -0.4 is 0 Å². The van der Waals surface area contributed by atoms with E-state index < -0.39 is 12.2 Å². The monoisotopic (exact) mass is 683 g/mol. The summed E-state index contributed by atoms with van der Waals surface area (Å²) in [6.07, 6.45) is 41.2. The molecule has 0 heterocycles. The predicted molar refractivity (Wildman–Crippen MR) is 204 cm³/mol. The molecule has 0 rings (SSSR count). The summed E-state index contributed by atoms with van der Waals surface area (Å²) in [6, 6.07) is 0. The summed E-state index contributed by atoms with van der Waals surface area (Å²) in [6.45, 7) is 4.99. The summed E-state index contributed by atoms with van der Waals surface area (Å²) in [5.74, 6) is -0.255. The van der Waals surface area contributed by atoms with Gasteiger partial charge in [0.25, 0.3) is 0 Å². The molecule has 0 amide bonds. The van der Waals surface area contributed by atoms with Crippen molar-refractivity contribution in [1.29, 1.82) is 0 Å². The van der Waals surface area contributed by atoms with Crippen molar-refractivity contribution >= 4 is 5.97 Å². The lowest BCUT2D eigenvalue weighted by atomic mass is 10.0. The molecule has 0 bridgehead atoms. The summed E-state index contributed by atoms with van der Waals surface area (Å²) in [4.78, 5) is 12.2. The molecule has 0 saturated heterocycles. The van der Waals surface area contributed by atoms with Crippen molar-refractivity contribution in [3.63, 3.8) is 0 Å². The second-order valence-corrected chi connectivity index (χ2v) is 14.1. The van der Waals surface area contributed by atoms with Crippen LogP contribution >= 0.6 is 0 Å². The van der Waals surface area contributed by atoms with Gasteiger partial charge in [-0.05, 0) is 38.5 Å². The van der Waals surface area contributed by atoms with E-state index in [0.717, 1.165) is 38.5 Å². The maximum Gasteiger partial charge on any atom is 0.305 e. The number of aliphatic hydroxyl groups is 2. The van der Waals surface area contributed by atoms with E-state index in [1.54, 1.807) is 0 Å².